The number of aryl methyl sites for hydroxylation is 2. The van der Waals surface area contributed by atoms with E-state index < -0.39 is 10.0 Å². The summed E-state index contributed by atoms with van der Waals surface area (Å²) in [7, 11) is -2.02. The Morgan fingerprint density at radius 3 is 2.40 bits per heavy atom. The number of nitrogens with one attached hydrogen (secondary N) is 1. The molecule has 0 aliphatic heterocycles. The van der Waals surface area contributed by atoms with Crippen molar-refractivity contribution < 1.29 is 8.42 Å². The molecule has 3 aromatic rings. The van der Waals surface area contributed by atoms with Crippen molar-refractivity contribution in [3.63, 3.8) is 0 Å². The summed E-state index contributed by atoms with van der Waals surface area (Å²) in [4.78, 5) is 0.192. The Kier molecular flexibility index (Phi) is 4.70. The fourth-order valence-electron chi connectivity index (χ4n) is 2.61. The molecule has 0 unspecified atom stereocenters. The molecule has 7 nitrogen and oxygen atoms in total. The van der Waals surface area contributed by atoms with Crippen LogP contribution in [0.2, 0.25) is 0 Å². The molecule has 0 saturated heterocycles. The summed E-state index contributed by atoms with van der Waals surface area (Å²) < 4.78 is 32.1. The van der Waals surface area contributed by atoms with Crippen LogP contribution in [0.3, 0.4) is 0 Å². The number of halogens is 1. The van der Waals surface area contributed by atoms with E-state index in [9.17, 15) is 8.42 Å². The van der Waals surface area contributed by atoms with Gasteiger partial charge in [-0.2, -0.15) is 10.2 Å². The smallest absolute Gasteiger partial charge is 0.266 e. The molecule has 1 N–H and O–H groups in total. The zero-order valence-corrected chi connectivity index (χ0v) is 16.5. The third-order valence-corrected chi connectivity index (χ3v) is 5.98. The quantitative estimate of drug-likeness (QED) is 0.683. The van der Waals surface area contributed by atoms with E-state index in [1.165, 1.54) is 0 Å². The first-order valence-corrected chi connectivity index (χ1v) is 9.85. The van der Waals surface area contributed by atoms with Gasteiger partial charge in [0.1, 0.15) is 4.90 Å². The third kappa shape index (κ3) is 3.77. The van der Waals surface area contributed by atoms with E-state index in [0.717, 1.165) is 10.0 Å². The van der Waals surface area contributed by atoms with Gasteiger partial charge >= 0.3 is 0 Å². The highest BCUT2D eigenvalue weighted by Crippen LogP contribution is 2.21. The first-order chi connectivity index (χ1) is 11.8. The second-order valence-electron chi connectivity index (χ2n) is 5.75. The number of hydrogen-bond donors (Lipinski definition) is 1. The minimum atomic E-state index is -3.73. The Bertz CT molecular complexity index is 1010. The van der Waals surface area contributed by atoms with Gasteiger partial charge in [0, 0.05) is 23.8 Å². The van der Waals surface area contributed by atoms with Crippen molar-refractivity contribution >= 4 is 31.8 Å². The van der Waals surface area contributed by atoms with Crippen LogP contribution in [-0.4, -0.2) is 28.0 Å². The summed E-state index contributed by atoms with van der Waals surface area (Å²) in [5.41, 5.74) is 2.11. The molecule has 0 amide bonds. The zero-order valence-electron chi connectivity index (χ0n) is 14.1. The Hall–Kier alpha value is -2.13. The lowest BCUT2D eigenvalue weighted by Gasteiger charge is -2.06. The van der Waals surface area contributed by atoms with Crippen LogP contribution in [0, 0.1) is 13.8 Å². The first kappa shape index (κ1) is 17.7. The largest absolute Gasteiger partial charge is 0.271 e. The molecule has 3 rings (SSSR count). The van der Waals surface area contributed by atoms with Crippen molar-refractivity contribution in [2.24, 2.45) is 7.05 Å². The molecule has 0 fully saturated rings. The predicted molar refractivity (Wildman–Crippen MR) is 99.0 cm³/mol. The molecule has 1 aromatic carbocycles. The number of hydrogen-bond acceptors (Lipinski definition) is 4. The van der Waals surface area contributed by atoms with E-state index in [4.69, 9.17) is 0 Å². The lowest BCUT2D eigenvalue weighted by atomic mass is 10.2. The Morgan fingerprint density at radius 1 is 1.12 bits per heavy atom. The van der Waals surface area contributed by atoms with Gasteiger partial charge in [-0.05, 0) is 31.5 Å². The summed E-state index contributed by atoms with van der Waals surface area (Å²) in [5, 5.41) is 8.45. The monoisotopic (exact) mass is 423 g/mol. The highest BCUT2D eigenvalue weighted by atomic mass is 79.9. The van der Waals surface area contributed by atoms with Gasteiger partial charge < -0.3 is 0 Å². The molecule has 0 bridgehead atoms. The van der Waals surface area contributed by atoms with Crippen molar-refractivity contribution in [2.75, 3.05) is 4.72 Å². The van der Waals surface area contributed by atoms with Gasteiger partial charge in [0.25, 0.3) is 10.0 Å². The molecule has 0 atom stereocenters. The summed E-state index contributed by atoms with van der Waals surface area (Å²) >= 11 is 3.40. The van der Waals surface area contributed by atoms with E-state index in [2.05, 4.69) is 30.8 Å². The van der Waals surface area contributed by atoms with Crippen LogP contribution < -0.4 is 4.72 Å². The molecular weight excluding hydrogens is 406 g/mol. The number of nitrogens with zero attached hydrogens (tertiary/aromatic N) is 4. The van der Waals surface area contributed by atoms with Crippen molar-refractivity contribution in [3.05, 3.63) is 58.0 Å². The Balaban J connectivity index is 1.79. The molecule has 0 radical (unpaired) electrons. The van der Waals surface area contributed by atoms with Gasteiger partial charge in [0.2, 0.25) is 0 Å². The van der Waals surface area contributed by atoms with Crippen LogP contribution in [0.25, 0.3) is 0 Å². The molecule has 0 spiro atoms. The molecule has 0 saturated carbocycles. The van der Waals surface area contributed by atoms with E-state index in [-0.39, 0.29) is 10.7 Å². The van der Waals surface area contributed by atoms with Gasteiger partial charge in [0.15, 0.2) is 5.82 Å². The maximum absolute atomic E-state index is 12.6. The number of sulfonamides is 1. The van der Waals surface area contributed by atoms with Gasteiger partial charge in [0.05, 0.1) is 17.9 Å². The third-order valence-electron chi connectivity index (χ3n) is 3.85. The maximum atomic E-state index is 12.6. The topological polar surface area (TPSA) is 81.8 Å². The fraction of sp³-hybridized carbons (Fsp3) is 0.250. The van der Waals surface area contributed by atoms with E-state index in [1.807, 2.05) is 24.3 Å². The molecule has 9 heteroatoms. The molecule has 2 aromatic heterocycles. The van der Waals surface area contributed by atoms with Gasteiger partial charge in [-0.1, -0.05) is 28.1 Å². The lowest BCUT2D eigenvalue weighted by molar-refractivity contribution is 0.599. The minimum Gasteiger partial charge on any atom is -0.271 e. The van der Waals surface area contributed by atoms with E-state index >= 15 is 0 Å². The van der Waals surface area contributed by atoms with E-state index in [0.29, 0.717) is 17.9 Å². The van der Waals surface area contributed by atoms with Crippen molar-refractivity contribution in [1.29, 1.82) is 0 Å². The minimum absolute atomic E-state index is 0.192. The van der Waals surface area contributed by atoms with E-state index in [1.54, 1.807) is 42.5 Å². The van der Waals surface area contributed by atoms with Gasteiger partial charge in [-0.25, -0.2) is 8.42 Å². The summed E-state index contributed by atoms with van der Waals surface area (Å²) in [5.74, 6) is 0.278. The standard InChI is InChI=1S/C16H18BrN5O2S/c1-11-16(12(2)21(3)18-11)25(23,24)20-15-8-9-22(19-15)10-13-4-6-14(17)7-5-13/h4-9H,10H2,1-3H3,(H,19,20). The highest BCUT2D eigenvalue weighted by Gasteiger charge is 2.24. The first-order valence-electron chi connectivity index (χ1n) is 7.57. The van der Waals surface area contributed by atoms with Crippen molar-refractivity contribution in [1.82, 2.24) is 19.6 Å². The second kappa shape index (κ2) is 6.64. The van der Waals surface area contributed by atoms with Crippen LogP contribution in [0.1, 0.15) is 17.0 Å². The zero-order chi connectivity index (χ0) is 18.2. The fourth-order valence-corrected chi connectivity index (χ4v) is 4.31. The number of benzene rings is 1. The average molecular weight is 424 g/mol. The average Bonchev–Trinajstić information content (AvgIpc) is 3.05. The van der Waals surface area contributed by atoms with Crippen LogP contribution in [0.4, 0.5) is 5.82 Å². The number of rotatable bonds is 5. The molecule has 2 heterocycles. The predicted octanol–water partition coefficient (Wildman–Crippen LogP) is 2.85. The van der Waals surface area contributed by atoms with Crippen LogP contribution in [0.15, 0.2) is 45.9 Å². The molecular formula is C16H18BrN5O2S. The molecule has 0 aliphatic rings. The molecule has 25 heavy (non-hydrogen) atoms. The van der Waals surface area contributed by atoms with Crippen LogP contribution in [0.5, 0.6) is 0 Å². The van der Waals surface area contributed by atoms with Gasteiger partial charge in [-0.15, -0.1) is 0 Å². The second-order valence-corrected chi connectivity index (χ2v) is 8.29. The molecule has 0 aliphatic carbocycles. The van der Waals surface area contributed by atoms with Crippen LogP contribution >= 0.6 is 15.9 Å². The Morgan fingerprint density at radius 2 is 1.80 bits per heavy atom. The normalized spacial score (nSPS) is 11.7. The number of anilines is 1. The van der Waals surface area contributed by atoms with Crippen LogP contribution in [-0.2, 0) is 23.6 Å². The maximum Gasteiger partial charge on any atom is 0.266 e. The SMILES string of the molecule is Cc1nn(C)c(C)c1S(=O)(=O)Nc1ccn(Cc2ccc(Br)cc2)n1. The van der Waals surface area contributed by atoms with Crippen molar-refractivity contribution in [3.8, 4) is 0 Å². The number of aromatic nitrogens is 4. The summed E-state index contributed by atoms with van der Waals surface area (Å²) in [6, 6.07) is 9.51. The summed E-state index contributed by atoms with van der Waals surface area (Å²) in [6.45, 7) is 3.95. The summed E-state index contributed by atoms with van der Waals surface area (Å²) in [6.07, 6.45) is 1.74. The van der Waals surface area contributed by atoms with Crippen molar-refractivity contribution in [2.45, 2.75) is 25.3 Å². The lowest BCUT2D eigenvalue weighted by Crippen LogP contribution is -2.15. The molecule has 132 valence electrons. The Labute approximate surface area is 154 Å². The van der Waals surface area contributed by atoms with Gasteiger partial charge in [-0.3, -0.25) is 14.1 Å². The highest BCUT2D eigenvalue weighted by molar-refractivity contribution is 9.10.